The molecule has 0 bridgehead atoms. The second-order valence-electron chi connectivity index (χ2n) is 37.9. The van der Waals surface area contributed by atoms with E-state index in [0.717, 1.165) is 84.9 Å². The molecule has 16 aromatic carbocycles. The SMILES string of the molecule is CC(C)c1cccc(C(C)C)c1-n1c(=O)c2cc3sc4cc5c(=O)n(-c6c(C(C)C)cccc6C(C)C)c(=O)c6c5c5c4c3c3c2c(cc2c4c7c(=O)n(-c8c(C(C)C)cccc8C(C)C)c(=O)c8cc9sc%10cc%11c(=O)n(-c%12c(C(C)C)cccc%12C(C)C)c(=O)c%12cc%13c6c(c4c4c%13c(c%11%12)c%10c9c4c87)c5c23)c1=O.CCCCCC.CCCCCC.ClCCl.ClCCl. The summed E-state index contributed by atoms with van der Waals surface area (Å²) in [4.78, 5) is 137. The number of thiophene rings is 2. The maximum atomic E-state index is 17.9. The van der Waals surface area contributed by atoms with Gasteiger partial charge in [0.1, 0.15) is 0 Å². The van der Waals surface area contributed by atoms with Crippen molar-refractivity contribution in [3.8, 4) is 22.7 Å². The highest BCUT2D eigenvalue weighted by Gasteiger charge is 2.40. The Bertz CT molecular complexity index is 8050. The van der Waals surface area contributed by atoms with Gasteiger partial charge in [-0.2, -0.15) is 0 Å². The normalized spacial score (nSPS) is 12.7. The molecule has 6 heterocycles. The molecule has 0 unspecified atom stereocenters. The zero-order valence-corrected chi connectivity index (χ0v) is 81.1. The molecular weight excluding hydrogens is 1710 g/mol. The summed E-state index contributed by atoms with van der Waals surface area (Å²) < 4.78 is 8.62. The predicted octanol–water partition coefficient (Wildman–Crippen LogP) is 30.3. The lowest BCUT2D eigenvalue weighted by Crippen LogP contribution is -2.34. The molecular formula is C110H106Cl4N4O8S2. The van der Waals surface area contributed by atoms with Gasteiger partial charge in [0.2, 0.25) is 0 Å². The summed E-state index contributed by atoms with van der Waals surface area (Å²) in [6.07, 6.45) is 11.1. The molecule has 0 aliphatic heterocycles. The minimum Gasteiger partial charge on any atom is -0.268 e. The number of rotatable bonds is 18. The van der Waals surface area contributed by atoms with Gasteiger partial charge in [0, 0.05) is 127 Å². The van der Waals surface area contributed by atoms with E-state index < -0.39 is 44.5 Å². The van der Waals surface area contributed by atoms with Gasteiger partial charge in [0.25, 0.3) is 44.5 Å². The molecule has 22 aromatic rings. The number of hydrogen-bond acceptors (Lipinski definition) is 10. The maximum Gasteiger partial charge on any atom is 0.266 e. The van der Waals surface area contributed by atoms with Gasteiger partial charge in [-0.25, -0.2) is 18.3 Å². The molecule has 0 fully saturated rings. The molecule has 6 aromatic heterocycles. The summed E-state index contributed by atoms with van der Waals surface area (Å²) in [6, 6.07) is 35.6. The van der Waals surface area contributed by atoms with E-state index in [1.165, 1.54) is 92.3 Å². The first-order chi connectivity index (χ1) is 61.3. The van der Waals surface area contributed by atoms with E-state index in [0.29, 0.717) is 141 Å². The zero-order chi connectivity index (χ0) is 91.3. The average molecular weight is 1820 g/mol. The van der Waals surface area contributed by atoms with Crippen molar-refractivity contribution in [3.05, 3.63) is 237 Å². The van der Waals surface area contributed by atoms with Crippen LogP contribution in [0.2, 0.25) is 0 Å². The van der Waals surface area contributed by atoms with Gasteiger partial charge in [0.05, 0.1) is 65.7 Å². The number of para-hydroxylation sites is 4. The molecule has 12 nitrogen and oxygen atoms in total. The number of hydrogen-bond donors (Lipinski definition) is 0. The monoisotopic (exact) mass is 1810 g/mol. The van der Waals surface area contributed by atoms with Crippen molar-refractivity contribution < 1.29 is 0 Å². The summed E-state index contributed by atoms with van der Waals surface area (Å²) in [6.45, 7) is 42.1. The molecule has 22 rings (SSSR count). The van der Waals surface area contributed by atoms with Gasteiger partial charge in [-0.05, 0) is 150 Å². The zero-order valence-electron chi connectivity index (χ0n) is 76.5. The first kappa shape index (κ1) is 88.5. The molecule has 0 aliphatic rings. The highest BCUT2D eigenvalue weighted by Crippen LogP contribution is 2.63. The molecule has 0 saturated heterocycles. The van der Waals surface area contributed by atoms with Crippen LogP contribution >= 0.6 is 69.1 Å². The van der Waals surface area contributed by atoms with Gasteiger partial charge in [0.15, 0.2) is 0 Å². The molecule has 128 heavy (non-hydrogen) atoms. The van der Waals surface area contributed by atoms with Crippen molar-refractivity contribution >= 4 is 249 Å². The topological polar surface area (TPSA) is 156 Å². The van der Waals surface area contributed by atoms with Gasteiger partial charge in [-0.3, -0.25) is 38.4 Å². The average Bonchev–Trinajstić information content (AvgIpc) is 1.14. The number of fused-ring (bicyclic) bond motifs is 4. The third-order valence-corrected chi connectivity index (χ3v) is 29.8. The fraction of sp³-hybridized carbons (Fsp3) is 0.345. The summed E-state index contributed by atoms with van der Waals surface area (Å²) >= 11 is 22.0. The quantitative estimate of drug-likeness (QED) is 0.0356. The van der Waals surface area contributed by atoms with Crippen LogP contribution in [-0.2, 0) is 0 Å². The maximum absolute atomic E-state index is 17.9. The summed E-state index contributed by atoms with van der Waals surface area (Å²) in [5, 5.41) is 16.0. The molecule has 0 aliphatic carbocycles. The third kappa shape index (κ3) is 12.3. The highest BCUT2D eigenvalue weighted by atomic mass is 35.5. The standard InChI is InChI=1S/C96H74N4O8S2.2C6H14.2CH2Cl2/c1-35(2)43-21-17-22-44(36(3)4)85(43)97-89(101)53-29-51-65-75-63(53)55(91(97)103)31-59-71(75)73-61(109-59)33-57-70-77(73)79(65)82-68(84(70)96(108)100(93(57)105)88-49(41(13)14)27-20-28-50(88)42(15)16)52-30-54-64-56(92(104)98(90(54)102)86-45(37(5)6)23-18-24-46(86)38(7)8)32-60-72-74-62(110-60)34-58-69-78(74)80(66(52)76(64)72)81(82)67(51)83(69)95(107)99(94(58)106)87-47(39(9)10)25-19-26-48(87)40(11)12;2*1-3-5-6-4-2;2*2-1-3/h17-42H,1-16H3;2*3-6H2,1-2H3;2*1H2. The Kier molecular flexibility index (Phi) is 22.8. The van der Waals surface area contributed by atoms with E-state index in [2.05, 4.69) is 138 Å². The number of halogens is 4. The minimum atomic E-state index is -0.555. The molecule has 0 atom stereocenters. The van der Waals surface area contributed by atoms with Crippen molar-refractivity contribution in [1.82, 2.24) is 18.3 Å². The predicted molar refractivity (Wildman–Crippen MR) is 556 cm³/mol. The van der Waals surface area contributed by atoms with Crippen molar-refractivity contribution in [2.75, 3.05) is 10.7 Å². The van der Waals surface area contributed by atoms with Gasteiger partial charge < -0.3 is 0 Å². The number of pyridine rings is 4. The Morgan fingerprint density at radius 2 is 0.383 bits per heavy atom. The van der Waals surface area contributed by atoms with E-state index in [1.807, 2.05) is 109 Å². The Morgan fingerprint density at radius 3 is 0.586 bits per heavy atom. The number of nitrogens with zero attached hydrogens (tertiary/aromatic N) is 4. The molecule has 0 N–H and O–H groups in total. The van der Waals surface area contributed by atoms with Crippen LogP contribution in [0.1, 0.15) is 282 Å². The molecule has 0 saturated carbocycles. The van der Waals surface area contributed by atoms with E-state index in [4.69, 9.17) is 46.4 Å². The number of aromatic nitrogens is 4. The second kappa shape index (κ2) is 33.0. The fourth-order valence-corrected chi connectivity index (χ4v) is 24.6. The van der Waals surface area contributed by atoms with Crippen LogP contribution in [0.15, 0.2) is 148 Å². The molecule has 18 heteroatoms. The number of alkyl halides is 4. The second-order valence-corrected chi connectivity index (χ2v) is 41.6. The van der Waals surface area contributed by atoms with E-state index in [-0.39, 0.29) is 79.6 Å². The molecule has 0 amide bonds. The molecule has 0 spiro atoms. The Balaban J connectivity index is 0.000000564. The smallest absolute Gasteiger partial charge is 0.266 e. The van der Waals surface area contributed by atoms with Crippen molar-refractivity contribution in [2.24, 2.45) is 0 Å². The number of benzene rings is 16. The van der Waals surface area contributed by atoms with E-state index in [9.17, 15) is 0 Å². The van der Waals surface area contributed by atoms with E-state index in [1.54, 1.807) is 0 Å². The van der Waals surface area contributed by atoms with Crippen LogP contribution in [0.25, 0.3) is 203 Å². The van der Waals surface area contributed by atoms with Crippen molar-refractivity contribution in [1.29, 1.82) is 0 Å². The lowest BCUT2D eigenvalue weighted by atomic mass is 9.73. The molecule has 0 radical (unpaired) electrons. The van der Waals surface area contributed by atoms with Crippen LogP contribution in [0.3, 0.4) is 0 Å². The summed E-state index contributed by atoms with van der Waals surface area (Å²) in [7, 11) is 0. The van der Waals surface area contributed by atoms with Crippen LogP contribution < -0.4 is 44.5 Å². The van der Waals surface area contributed by atoms with Crippen LogP contribution in [0.4, 0.5) is 0 Å². The molecule has 654 valence electrons. The Hall–Kier alpha value is -10.2. The minimum absolute atomic E-state index is 0.107. The largest absolute Gasteiger partial charge is 0.268 e. The van der Waals surface area contributed by atoms with E-state index >= 15 is 38.4 Å². The summed E-state index contributed by atoms with van der Waals surface area (Å²) in [5.41, 5.74) is 4.58. The van der Waals surface area contributed by atoms with Crippen molar-refractivity contribution in [3.63, 3.8) is 0 Å². The third-order valence-electron chi connectivity index (χ3n) is 27.7. The lowest BCUT2D eigenvalue weighted by molar-refractivity contribution is 0.702. The lowest BCUT2D eigenvalue weighted by Gasteiger charge is -2.29. The van der Waals surface area contributed by atoms with Gasteiger partial charge >= 0.3 is 0 Å². The van der Waals surface area contributed by atoms with Crippen LogP contribution in [0, 0.1) is 0 Å². The number of unbranched alkanes of at least 4 members (excludes halogenated alkanes) is 6. The Morgan fingerprint density at radius 1 is 0.219 bits per heavy atom. The van der Waals surface area contributed by atoms with Crippen LogP contribution in [0.5, 0.6) is 0 Å². The van der Waals surface area contributed by atoms with Gasteiger partial charge in [-0.15, -0.1) is 69.1 Å². The highest BCUT2D eigenvalue weighted by molar-refractivity contribution is 7.27. The van der Waals surface area contributed by atoms with Crippen molar-refractivity contribution in [2.45, 2.75) is 237 Å². The first-order valence-corrected chi connectivity index (χ1v) is 49.5. The first-order valence-electron chi connectivity index (χ1n) is 45.8. The van der Waals surface area contributed by atoms with Gasteiger partial charge in [-0.1, -0.05) is 263 Å². The fourth-order valence-electron chi connectivity index (χ4n) is 22.2. The van der Waals surface area contributed by atoms with Crippen LogP contribution in [-0.4, -0.2) is 28.9 Å². The summed E-state index contributed by atoms with van der Waals surface area (Å²) in [5.74, 6) is -1.03. The Labute approximate surface area is 768 Å².